The van der Waals surface area contributed by atoms with Crippen molar-refractivity contribution in [1.82, 2.24) is 10.6 Å². The molecule has 12 heavy (non-hydrogen) atoms. The summed E-state index contributed by atoms with van der Waals surface area (Å²) in [4.78, 5) is 21.8. The summed E-state index contributed by atoms with van der Waals surface area (Å²) in [6.45, 7) is 3.95. The number of likely N-dealkylation sites (N-methyl/N-ethyl adjacent to an activating group) is 1. The molecule has 0 aromatic rings. The Morgan fingerprint density at radius 2 is 2.00 bits per heavy atom. The maximum absolute atomic E-state index is 11.0. The van der Waals surface area contributed by atoms with Gasteiger partial charge in [0.25, 0.3) is 5.91 Å². The molecule has 0 saturated heterocycles. The molecule has 0 aromatic carbocycles. The van der Waals surface area contributed by atoms with Gasteiger partial charge in [0, 0.05) is 25.4 Å². The molecule has 4 nitrogen and oxygen atoms in total. The lowest BCUT2D eigenvalue weighted by Crippen LogP contribution is -2.30. The van der Waals surface area contributed by atoms with E-state index in [2.05, 4.69) is 10.6 Å². The van der Waals surface area contributed by atoms with E-state index in [1.165, 1.54) is 6.08 Å². The van der Waals surface area contributed by atoms with Crippen molar-refractivity contribution in [2.24, 2.45) is 0 Å². The van der Waals surface area contributed by atoms with Crippen LogP contribution < -0.4 is 10.6 Å². The maximum Gasteiger partial charge on any atom is 0.291 e. The summed E-state index contributed by atoms with van der Waals surface area (Å²) >= 11 is 0. The van der Waals surface area contributed by atoms with Gasteiger partial charge in [-0.1, -0.05) is 0 Å². The van der Waals surface area contributed by atoms with E-state index in [0.717, 1.165) is 0 Å². The van der Waals surface area contributed by atoms with E-state index in [4.69, 9.17) is 0 Å². The molecule has 0 heterocycles. The van der Waals surface area contributed by atoms with Crippen LogP contribution in [0.3, 0.4) is 0 Å². The number of rotatable bonds is 4. The van der Waals surface area contributed by atoms with Gasteiger partial charge in [0.1, 0.15) is 0 Å². The number of hydrogen-bond acceptors (Lipinski definition) is 3. The van der Waals surface area contributed by atoms with Gasteiger partial charge in [-0.05, 0) is 13.8 Å². The van der Waals surface area contributed by atoms with E-state index in [1.54, 1.807) is 20.9 Å². The minimum atomic E-state index is -0.563. The molecule has 0 aliphatic rings. The van der Waals surface area contributed by atoms with Crippen LogP contribution >= 0.6 is 0 Å². The predicted molar refractivity (Wildman–Crippen MR) is 46.5 cm³/mol. The van der Waals surface area contributed by atoms with Gasteiger partial charge in [-0.2, -0.15) is 0 Å². The SMILES string of the molecule is CCNC(=O)C(=O)C=C(C)NC. The Hall–Kier alpha value is -1.32. The summed E-state index contributed by atoms with van der Waals surface area (Å²) in [5.41, 5.74) is 0.672. The molecule has 0 aromatic heterocycles. The quantitative estimate of drug-likeness (QED) is 0.454. The normalized spacial score (nSPS) is 10.8. The van der Waals surface area contributed by atoms with Gasteiger partial charge in [-0.3, -0.25) is 9.59 Å². The largest absolute Gasteiger partial charge is 0.392 e. The summed E-state index contributed by atoms with van der Waals surface area (Å²) in [5.74, 6) is -1.09. The topological polar surface area (TPSA) is 58.2 Å². The number of carbonyl (C=O) groups is 2. The number of hydrogen-bond donors (Lipinski definition) is 2. The maximum atomic E-state index is 11.0. The van der Waals surface area contributed by atoms with E-state index >= 15 is 0 Å². The Morgan fingerprint density at radius 1 is 1.42 bits per heavy atom. The molecule has 0 fully saturated rings. The number of carbonyl (C=O) groups excluding carboxylic acids is 2. The first-order valence-corrected chi connectivity index (χ1v) is 3.80. The molecule has 0 unspecified atom stereocenters. The molecule has 0 saturated carbocycles. The number of nitrogens with one attached hydrogen (secondary N) is 2. The van der Waals surface area contributed by atoms with Crippen LogP contribution in [0.5, 0.6) is 0 Å². The Morgan fingerprint density at radius 3 is 2.42 bits per heavy atom. The zero-order chi connectivity index (χ0) is 9.56. The molecular weight excluding hydrogens is 156 g/mol. The van der Waals surface area contributed by atoms with Crippen molar-refractivity contribution in [2.45, 2.75) is 13.8 Å². The third kappa shape index (κ3) is 3.75. The van der Waals surface area contributed by atoms with Crippen molar-refractivity contribution in [3.63, 3.8) is 0 Å². The van der Waals surface area contributed by atoms with Gasteiger partial charge in [-0.25, -0.2) is 0 Å². The van der Waals surface area contributed by atoms with Crippen LogP contribution in [0.4, 0.5) is 0 Å². The molecule has 0 aliphatic heterocycles. The Bertz CT molecular complexity index is 209. The third-order valence-electron chi connectivity index (χ3n) is 1.30. The first kappa shape index (κ1) is 10.7. The smallest absolute Gasteiger partial charge is 0.291 e. The number of allylic oxidation sites excluding steroid dienone is 1. The second-order valence-electron chi connectivity index (χ2n) is 2.30. The predicted octanol–water partition coefficient (Wildman–Crippen LogP) is -0.185. The highest BCUT2D eigenvalue weighted by atomic mass is 16.2. The van der Waals surface area contributed by atoms with Crippen LogP contribution in [0.1, 0.15) is 13.8 Å². The highest BCUT2D eigenvalue weighted by Crippen LogP contribution is 1.85. The van der Waals surface area contributed by atoms with E-state index in [9.17, 15) is 9.59 Å². The molecule has 0 spiro atoms. The zero-order valence-electron chi connectivity index (χ0n) is 7.60. The summed E-state index contributed by atoms with van der Waals surface area (Å²) in [6, 6.07) is 0. The van der Waals surface area contributed by atoms with Crippen molar-refractivity contribution in [3.8, 4) is 0 Å². The molecule has 0 bridgehead atoms. The number of amides is 1. The van der Waals surface area contributed by atoms with E-state index < -0.39 is 11.7 Å². The molecular formula is C8H14N2O2. The average Bonchev–Trinajstić information content (AvgIpc) is 2.04. The van der Waals surface area contributed by atoms with Crippen LogP contribution in [0, 0.1) is 0 Å². The summed E-state index contributed by atoms with van der Waals surface area (Å²) in [7, 11) is 1.69. The lowest BCUT2D eigenvalue weighted by Gasteiger charge is -1.99. The van der Waals surface area contributed by atoms with Crippen molar-refractivity contribution in [3.05, 3.63) is 11.8 Å². The standard InChI is InChI=1S/C8H14N2O2/c1-4-10-8(12)7(11)5-6(2)9-3/h5,9H,4H2,1-3H3,(H,10,12). The molecule has 1 amide bonds. The number of ketones is 1. The Labute approximate surface area is 72.0 Å². The van der Waals surface area contributed by atoms with Crippen molar-refractivity contribution in [1.29, 1.82) is 0 Å². The fourth-order valence-corrected chi connectivity index (χ4v) is 0.582. The van der Waals surface area contributed by atoms with Gasteiger partial charge in [0.05, 0.1) is 0 Å². The minimum Gasteiger partial charge on any atom is -0.392 e. The molecule has 0 atom stereocenters. The van der Waals surface area contributed by atoms with E-state index in [-0.39, 0.29) is 0 Å². The average molecular weight is 170 g/mol. The molecule has 2 N–H and O–H groups in total. The monoisotopic (exact) mass is 170 g/mol. The molecule has 0 aliphatic carbocycles. The van der Waals surface area contributed by atoms with Crippen LogP contribution in [-0.2, 0) is 9.59 Å². The third-order valence-corrected chi connectivity index (χ3v) is 1.30. The Kier molecular flexibility index (Phi) is 4.76. The van der Waals surface area contributed by atoms with Gasteiger partial charge in [0.2, 0.25) is 5.78 Å². The summed E-state index contributed by atoms with van der Waals surface area (Å²) < 4.78 is 0. The van der Waals surface area contributed by atoms with Crippen LogP contribution in [-0.4, -0.2) is 25.3 Å². The molecule has 4 heteroatoms. The molecule has 0 rings (SSSR count). The first-order valence-electron chi connectivity index (χ1n) is 3.80. The fraction of sp³-hybridized carbons (Fsp3) is 0.500. The second-order valence-corrected chi connectivity index (χ2v) is 2.30. The van der Waals surface area contributed by atoms with E-state index in [0.29, 0.717) is 12.2 Å². The molecule has 68 valence electrons. The molecule has 0 radical (unpaired) electrons. The first-order chi connectivity index (χ1) is 5.61. The lowest BCUT2D eigenvalue weighted by molar-refractivity contribution is -0.135. The van der Waals surface area contributed by atoms with Crippen LogP contribution in [0.15, 0.2) is 11.8 Å². The lowest BCUT2D eigenvalue weighted by atomic mass is 10.3. The van der Waals surface area contributed by atoms with Crippen molar-refractivity contribution < 1.29 is 9.59 Å². The fourth-order valence-electron chi connectivity index (χ4n) is 0.582. The summed E-state index contributed by atoms with van der Waals surface area (Å²) in [6.07, 6.45) is 1.27. The van der Waals surface area contributed by atoms with Crippen LogP contribution in [0.2, 0.25) is 0 Å². The Balaban J connectivity index is 4.12. The van der Waals surface area contributed by atoms with Crippen molar-refractivity contribution in [2.75, 3.05) is 13.6 Å². The highest BCUT2D eigenvalue weighted by Gasteiger charge is 2.08. The van der Waals surface area contributed by atoms with Gasteiger partial charge >= 0.3 is 0 Å². The second kappa shape index (κ2) is 5.35. The van der Waals surface area contributed by atoms with Crippen LogP contribution in [0.25, 0.3) is 0 Å². The van der Waals surface area contributed by atoms with Crippen molar-refractivity contribution >= 4 is 11.7 Å². The van der Waals surface area contributed by atoms with Gasteiger partial charge in [0.15, 0.2) is 0 Å². The van der Waals surface area contributed by atoms with Gasteiger partial charge < -0.3 is 10.6 Å². The van der Waals surface area contributed by atoms with Gasteiger partial charge in [-0.15, -0.1) is 0 Å². The minimum absolute atomic E-state index is 0.469. The highest BCUT2D eigenvalue weighted by molar-refractivity contribution is 6.40. The summed E-state index contributed by atoms with van der Waals surface area (Å²) in [5, 5.41) is 5.17. The van der Waals surface area contributed by atoms with E-state index in [1.807, 2.05) is 0 Å². The zero-order valence-corrected chi connectivity index (χ0v) is 7.60.